The number of hydrogen-bond acceptors (Lipinski definition) is 14. The molecular weight excluding hydrogens is 1700 g/mol. The number of alkyl halides is 24. The largest absolute Gasteiger partial charge is 3.00 e. The normalized spacial score (nSPS) is 12.8. The summed E-state index contributed by atoms with van der Waals surface area (Å²) in [6, 6.07) is 32.0. The molecule has 2 heterocycles. The number of benzene rings is 4. The van der Waals surface area contributed by atoms with Crippen molar-refractivity contribution in [1.82, 2.24) is 9.97 Å². The fraction of sp³-hybridized carbons (Fsp3) is 0.154. The van der Waals surface area contributed by atoms with Gasteiger partial charge in [-0.25, -0.2) is 9.97 Å². The van der Waals surface area contributed by atoms with Crippen LogP contribution in [0.15, 0.2) is 167 Å². The summed E-state index contributed by atoms with van der Waals surface area (Å²) < 4.78 is 271. The van der Waals surface area contributed by atoms with Gasteiger partial charge in [-0.05, 0) is 119 Å². The van der Waals surface area contributed by atoms with Crippen molar-refractivity contribution in [2.24, 2.45) is 9.98 Å². The molecule has 14 nitrogen and oxygen atoms in total. The Morgan fingerprint density at radius 1 is 0.340 bits per heavy atom. The van der Waals surface area contributed by atoms with E-state index in [0.29, 0.717) is 32.5 Å². The quantitative estimate of drug-likeness (QED) is 0.0596. The Hall–Kier alpha value is -7.13. The van der Waals surface area contributed by atoms with E-state index in [1.54, 1.807) is 48.8 Å². The Labute approximate surface area is 576 Å². The van der Waals surface area contributed by atoms with Crippen LogP contribution in [0.25, 0.3) is 21.8 Å². The molecule has 0 N–H and O–H groups in total. The van der Waals surface area contributed by atoms with Gasteiger partial charge in [0.2, 0.25) is 0 Å². The fourth-order valence-electron chi connectivity index (χ4n) is 4.88. The molecule has 0 atom stereocenters. The summed E-state index contributed by atoms with van der Waals surface area (Å²) in [4.78, 5) is 56.5. The van der Waals surface area contributed by atoms with Gasteiger partial charge in [-0.1, -0.05) is 83.2 Å². The number of fused-ring (bicyclic) bond motifs is 2. The van der Waals surface area contributed by atoms with Gasteiger partial charge in [0.15, 0.2) is 0 Å². The van der Waals surface area contributed by atoms with Crippen LogP contribution in [-0.4, -0.2) is 94.9 Å². The first-order valence-corrected chi connectivity index (χ1v) is 23.4. The van der Waals surface area contributed by atoms with Gasteiger partial charge in [0, 0.05) is 10.0 Å². The molecule has 42 heteroatoms. The molecule has 0 amide bonds. The first-order chi connectivity index (χ1) is 41.6. The van der Waals surface area contributed by atoms with Crippen LogP contribution in [0.1, 0.15) is 11.4 Å². The number of aromatic nitrogens is 2. The Bertz CT molecular complexity index is 3370. The molecule has 0 aliphatic carbocycles. The third-order valence-electron chi connectivity index (χ3n) is 9.04. The van der Waals surface area contributed by atoms with Crippen molar-refractivity contribution < 1.29 is 230 Å². The summed E-state index contributed by atoms with van der Waals surface area (Å²) in [6.45, 7) is 0. The van der Waals surface area contributed by atoms with E-state index in [4.69, 9.17) is 23.2 Å². The van der Waals surface area contributed by atoms with Gasteiger partial charge in [-0.3, -0.25) is 29.2 Å². The summed E-state index contributed by atoms with van der Waals surface area (Å²) in [5.41, 5.74) is 3.80. The summed E-state index contributed by atoms with van der Waals surface area (Å²) in [5, 5.41) is 65.7. The molecule has 518 valence electrons. The van der Waals surface area contributed by atoms with Gasteiger partial charge in [-0.2, -0.15) is 105 Å². The zero-order valence-corrected chi connectivity index (χ0v) is 49.3. The number of aliphatic imine (C=N–C) groups is 2. The first-order valence-electron chi connectivity index (χ1n) is 22.7. The number of carbonyl (C=O) groups excluding carboxylic acids is 4. The SMILES string of the molecule is O=C(/C=C(\[O-])C(F)(F)F)C(F)(F)F.O=C(/C=C(\[O-])C(F)(F)F)C(F)(F)F.O=C(/C=C(\[O-])C(F)(F)F)C(F)(F)F.O=C(/C=C(\[O-])C(F)(F)F)C(F)(F)F.[Er+3].[Er+3].[O-]c1cccc2ccc(C=Nc3ccc(Cl)cc3)nc12.[O-]c1cccc2ccc(C=Nc3ccc(Cl)cc3)nc12. The maximum Gasteiger partial charge on any atom is 3.00 e. The number of carbonyl (C=O) groups is 4. The van der Waals surface area contributed by atoms with Crippen LogP contribution < -0.4 is 30.6 Å². The van der Waals surface area contributed by atoms with E-state index in [0.717, 1.165) is 22.1 Å². The number of ketones is 4. The second kappa shape index (κ2) is 37.2. The first kappa shape index (κ1) is 88.9. The molecule has 6 rings (SSSR count). The summed E-state index contributed by atoms with van der Waals surface area (Å²) >= 11 is 11.6. The van der Waals surface area contributed by atoms with Gasteiger partial charge >= 0.3 is 124 Å². The number of rotatable bonds is 8. The molecule has 0 spiro atoms. The summed E-state index contributed by atoms with van der Waals surface area (Å²) in [5.74, 6) is -22.8. The number of halogens is 26. The molecule has 0 unspecified atom stereocenters. The van der Waals surface area contributed by atoms with Crippen molar-refractivity contribution in [3.63, 3.8) is 0 Å². The molecule has 2 radical (unpaired) electrons. The second-order valence-electron chi connectivity index (χ2n) is 16.1. The van der Waals surface area contributed by atoms with Crippen molar-refractivity contribution in [3.05, 3.63) is 178 Å². The Morgan fingerprint density at radius 3 is 0.766 bits per heavy atom. The molecule has 6 aromatic rings. The summed E-state index contributed by atoms with van der Waals surface area (Å²) in [6.07, 6.45) is -44.5. The van der Waals surface area contributed by atoms with E-state index in [-0.39, 0.29) is 86.1 Å². The topological polar surface area (TPSA) is 257 Å². The average molecular weight is 1730 g/mol. The Kier molecular flexibility index (Phi) is 35.2. The van der Waals surface area contributed by atoms with Crippen LogP contribution in [-0.2, 0) is 19.2 Å². The Balaban J connectivity index is 0. The van der Waals surface area contributed by atoms with Crippen molar-refractivity contribution in [3.8, 4) is 11.5 Å². The third kappa shape index (κ3) is 33.8. The molecule has 4 aromatic carbocycles. The number of pyridine rings is 2. The van der Waals surface area contributed by atoms with E-state index in [2.05, 4.69) is 20.0 Å². The molecule has 2 aromatic heterocycles. The second-order valence-corrected chi connectivity index (χ2v) is 16.9. The number of allylic oxidation sites excluding steroid dienone is 8. The van der Waals surface area contributed by atoms with Crippen LogP contribution in [0.2, 0.25) is 10.0 Å². The zero-order valence-electron chi connectivity index (χ0n) is 44.1. The molecule has 0 saturated heterocycles. The van der Waals surface area contributed by atoms with Gasteiger partial charge in [0.1, 0.15) is 0 Å². The number of hydrogen-bond donors (Lipinski definition) is 0. The van der Waals surface area contributed by atoms with Crippen LogP contribution >= 0.6 is 23.2 Å². The minimum Gasteiger partial charge on any atom is -0.871 e. The molecule has 0 aliphatic rings. The Morgan fingerprint density at radius 2 is 0.564 bits per heavy atom. The van der Waals surface area contributed by atoms with E-state index in [1.807, 2.05) is 60.7 Å². The number of para-hydroxylation sites is 2. The predicted molar refractivity (Wildman–Crippen MR) is 261 cm³/mol. The fourth-order valence-corrected chi connectivity index (χ4v) is 5.13. The predicted octanol–water partition coefficient (Wildman–Crippen LogP) is 11.1. The number of nitrogens with zero attached hydrogens (tertiary/aromatic N) is 4. The molecule has 94 heavy (non-hydrogen) atoms. The van der Waals surface area contributed by atoms with Crippen molar-refractivity contribution >= 4 is 91.9 Å². The summed E-state index contributed by atoms with van der Waals surface area (Å²) in [7, 11) is 0. The molecule has 0 saturated carbocycles. The van der Waals surface area contributed by atoms with Gasteiger partial charge in [0.05, 0.1) is 46.2 Å². The van der Waals surface area contributed by atoms with E-state index >= 15 is 0 Å². The molecule has 0 bridgehead atoms. The van der Waals surface area contributed by atoms with E-state index < -0.39 is 120 Å². The van der Waals surface area contributed by atoms with Gasteiger partial charge in [0.25, 0.3) is 23.1 Å². The minimum absolute atomic E-state index is 0. The smallest absolute Gasteiger partial charge is 0.871 e. The zero-order chi connectivity index (χ0) is 71.3. The van der Waals surface area contributed by atoms with E-state index in [1.165, 1.54) is 12.1 Å². The van der Waals surface area contributed by atoms with E-state index in [9.17, 15) is 155 Å². The monoisotopic (exact) mass is 1720 g/mol. The van der Waals surface area contributed by atoms with Gasteiger partial charge in [-0.15, -0.1) is 0 Å². The standard InChI is InChI=1S/2C16H11ClN2O.4C5H2F6O2.2Er/c2*17-12-5-8-13(9-6-12)18-10-14-7-4-11-2-1-3-15(20)16(11)19-14;4*6-4(7,8)2(12)1-3(13)5(9,10)11;;/h2*1-10,20H;4*1,12H;;/q;;;;;;2*+3/p-6/b;;4*2-1-;;. The molecular formula is C52H24Cl2Er2F24N4O10. The van der Waals surface area contributed by atoms with Crippen molar-refractivity contribution in [1.29, 1.82) is 0 Å². The van der Waals surface area contributed by atoms with Crippen LogP contribution in [0.5, 0.6) is 11.5 Å². The van der Waals surface area contributed by atoms with Crippen LogP contribution in [0.3, 0.4) is 0 Å². The van der Waals surface area contributed by atoms with Crippen molar-refractivity contribution in [2.45, 2.75) is 49.4 Å². The molecule has 0 fully saturated rings. The minimum atomic E-state index is -5.46. The van der Waals surface area contributed by atoms with Crippen molar-refractivity contribution in [2.75, 3.05) is 0 Å². The maximum atomic E-state index is 11.7. The van der Waals surface area contributed by atoms with Crippen LogP contribution in [0.4, 0.5) is 117 Å². The molecule has 0 aliphatic heterocycles. The average Bonchev–Trinajstić information content (AvgIpc) is 0.837. The van der Waals surface area contributed by atoms with Gasteiger partial charge < -0.3 is 30.6 Å². The maximum absolute atomic E-state index is 11.7. The third-order valence-corrected chi connectivity index (χ3v) is 9.54. The van der Waals surface area contributed by atoms with Crippen LogP contribution in [0, 0.1) is 74.6 Å².